The van der Waals surface area contributed by atoms with E-state index in [-0.39, 0.29) is 5.69 Å². The fourth-order valence-corrected chi connectivity index (χ4v) is 1.91. The molecule has 0 radical (unpaired) electrons. The van der Waals surface area contributed by atoms with Gasteiger partial charge in [-0.15, -0.1) is 0 Å². The molecule has 0 fully saturated rings. The summed E-state index contributed by atoms with van der Waals surface area (Å²) in [6, 6.07) is 0. The highest BCUT2D eigenvalue weighted by Crippen LogP contribution is 2.21. The van der Waals surface area contributed by atoms with Gasteiger partial charge in [-0.05, 0) is 13.3 Å². The van der Waals surface area contributed by atoms with Crippen LogP contribution in [0.2, 0.25) is 0 Å². The Kier molecular flexibility index (Phi) is 3.15. The normalized spacial score (nSPS) is 10.7. The molecule has 7 nitrogen and oxygen atoms in total. The predicted octanol–water partition coefficient (Wildman–Crippen LogP) is 0.212. The standard InChI is InChI=1S/C11H15N5O2/c1-4-7-6(2)16-5-8(9(17)15-12)13-11(16)14-10(7)18-3/h5H,4,12H2,1-3H3,(H,15,17). The van der Waals surface area contributed by atoms with Gasteiger partial charge < -0.3 is 4.74 Å². The largest absolute Gasteiger partial charge is 0.481 e. The van der Waals surface area contributed by atoms with E-state index in [9.17, 15) is 4.79 Å². The molecule has 0 aromatic carbocycles. The van der Waals surface area contributed by atoms with E-state index in [1.54, 1.807) is 17.7 Å². The summed E-state index contributed by atoms with van der Waals surface area (Å²) >= 11 is 0. The first-order valence-corrected chi connectivity index (χ1v) is 5.55. The zero-order valence-electron chi connectivity index (χ0n) is 10.5. The second-order valence-electron chi connectivity index (χ2n) is 3.81. The lowest BCUT2D eigenvalue weighted by Crippen LogP contribution is -2.30. The lowest BCUT2D eigenvalue weighted by molar-refractivity contribution is 0.0949. The molecule has 0 bridgehead atoms. The number of aromatic nitrogens is 3. The van der Waals surface area contributed by atoms with Gasteiger partial charge in [-0.1, -0.05) is 6.92 Å². The van der Waals surface area contributed by atoms with Crippen molar-refractivity contribution in [3.8, 4) is 5.88 Å². The van der Waals surface area contributed by atoms with Crippen molar-refractivity contribution in [3.05, 3.63) is 23.1 Å². The number of nitrogens with one attached hydrogen (secondary N) is 1. The average Bonchev–Trinajstić information content (AvgIpc) is 2.81. The van der Waals surface area contributed by atoms with Crippen molar-refractivity contribution in [2.75, 3.05) is 7.11 Å². The summed E-state index contributed by atoms with van der Waals surface area (Å²) in [7, 11) is 1.56. The number of methoxy groups -OCH3 is 1. The third-order valence-electron chi connectivity index (χ3n) is 2.86. The van der Waals surface area contributed by atoms with E-state index < -0.39 is 5.91 Å². The van der Waals surface area contributed by atoms with Gasteiger partial charge in [0.15, 0.2) is 0 Å². The van der Waals surface area contributed by atoms with Crippen LogP contribution in [0.25, 0.3) is 5.78 Å². The molecule has 0 atom stereocenters. The average molecular weight is 249 g/mol. The molecule has 2 aromatic rings. The summed E-state index contributed by atoms with van der Waals surface area (Å²) in [5.74, 6) is 5.59. The predicted molar refractivity (Wildman–Crippen MR) is 65.3 cm³/mol. The number of carbonyl (C=O) groups excluding carboxylic acids is 1. The molecular weight excluding hydrogens is 234 g/mol. The van der Waals surface area contributed by atoms with Crippen LogP contribution in [0.4, 0.5) is 0 Å². The number of fused-ring (bicyclic) bond motifs is 1. The van der Waals surface area contributed by atoms with Crippen molar-refractivity contribution >= 4 is 11.7 Å². The van der Waals surface area contributed by atoms with Gasteiger partial charge in [0, 0.05) is 17.5 Å². The topological polar surface area (TPSA) is 94.5 Å². The summed E-state index contributed by atoms with van der Waals surface area (Å²) in [6.07, 6.45) is 2.40. The van der Waals surface area contributed by atoms with Crippen LogP contribution in [0.1, 0.15) is 28.7 Å². The quantitative estimate of drug-likeness (QED) is 0.460. The van der Waals surface area contributed by atoms with Crippen molar-refractivity contribution in [1.82, 2.24) is 19.8 Å². The SMILES string of the molecule is CCc1c(OC)nc2nc(C(=O)NN)cn2c1C. The molecule has 0 unspecified atom stereocenters. The van der Waals surface area contributed by atoms with Crippen LogP contribution < -0.4 is 16.0 Å². The molecule has 0 aliphatic rings. The van der Waals surface area contributed by atoms with E-state index in [2.05, 4.69) is 9.97 Å². The van der Waals surface area contributed by atoms with E-state index in [1.165, 1.54) is 0 Å². The van der Waals surface area contributed by atoms with Crippen LogP contribution >= 0.6 is 0 Å². The van der Waals surface area contributed by atoms with Crippen molar-refractivity contribution in [1.29, 1.82) is 0 Å². The van der Waals surface area contributed by atoms with Crippen molar-refractivity contribution < 1.29 is 9.53 Å². The highest BCUT2D eigenvalue weighted by Gasteiger charge is 2.16. The molecular formula is C11H15N5O2. The van der Waals surface area contributed by atoms with Gasteiger partial charge in [0.05, 0.1) is 7.11 Å². The zero-order valence-corrected chi connectivity index (χ0v) is 10.5. The molecule has 1 amide bonds. The summed E-state index contributed by atoms with van der Waals surface area (Å²) < 4.78 is 6.99. The number of nitrogens with two attached hydrogens (primary N) is 1. The van der Waals surface area contributed by atoms with E-state index in [4.69, 9.17) is 10.6 Å². The Labute approximate surface area is 104 Å². The molecule has 3 N–H and O–H groups in total. The number of nitrogens with zero attached hydrogens (tertiary/aromatic N) is 3. The fourth-order valence-electron chi connectivity index (χ4n) is 1.91. The highest BCUT2D eigenvalue weighted by atomic mass is 16.5. The Hall–Kier alpha value is -2.15. The van der Waals surface area contributed by atoms with Crippen molar-refractivity contribution in [3.63, 3.8) is 0 Å². The maximum Gasteiger partial charge on any atom is 0.285 e. The minimum Gasteiger partial charge on any atom is -0.481 e. The van der Waals surface area contributed by atoms with Crippen LogP contribution in [-0.4, -0.2) is 27.4 Å². The minimum absolute atomic E-state index is 0.225. The molecule has 2 heterocycles. The maximum absolute atomic E-state index is 11.4. The van der Waals surface area contributed by atoms with Crippen molar-refractivity contribution in [2.24, 2.45) is 5.84 Å². The highest BCUT2D eigenvalue weighted by molar-refractivity contribution is 5.92. The maximum atomic E-state index is 11.4. The second-order valence-corrected chi connectivity index (χ2v) is 3.81. The number of imidazole rings is 1. The Balaban J connectivity index is 2.69. The van der Waals surface area contributed by atoms with E-state index in [1.807, 2.05) is 19.3 Å². The molecule has 2 aromatic heterocycles. The van der Waals surface area contributed by atoms with Gasteiger partial charge >= 0.3 is 0 Å². The summed E-state index contributed by atoms with van der Waals surface area (Å²) in [4.78, 5) is 19.8. The summed E-state index contributed by atoms with van der Waals surface area (Å²) in [6.45, 7) is 3.95. The Morgan fingerprint density at radius 2 is 2.28 bits per heavy atom. The van der Waals surface area contributed by atoms with E-state index in [0.717, 1.165) is 17.7 Å². The Morgan fingerprint density at radius 3 is 2.83 bits per heavy atom. The van der Waals surface area contributed by atoms with Crippen molar-refractivity contribution in [2.45, 2.75) is 20.3 Å². The summed E-state index contributed by atoms with van der Waals surface area (Å²) in [5, 5.41) is 0. The van der Waals surface area contributed by atoms with Crippen LogP contribution in [0.5, 0.6) is 5.88 Å². The van der Waals surface area contributed by atoms with Gasteiger partial charge in [-0.2, -0.15) is 4.98 Å². The number of aryl methyl sites for hydroxylation is 1. The number of amides is 1. The Bertz CT molecular complexity index is 605. The zero-order chi connectivity index (χ0) is 13.3. The molecule has 96 valence electrons. The van der Waals surface area contributed by atoms with Crippen LogP contribution in [0, 0.1) is 6.92 Å². The first-order chi connectivity index (χ1) is 8.62. The minimum atomic E-state index is -0.447. The smallest absolute Gasteiger partial charge is 0.285 e. The molecule has 0 saturated carbocycles. The van der Waals surface area contributed by atoms with Gasteiger partial charge in [0.25, 0.3) is 5.91 Å². The van der Waals surface area contributed by atoms with E-state index >= 15 is 0 Å². The first-order valence-electron chi connectivity index (χ1n) is 5.55. The van der Waals surface area contributed by atoms with Gasteiger partial charge in [0.1, 0.15) is 5.69 Å². The molecule has 0 aliphatic heterocycles. The molecule has 18 heavy (non-hydrogen) atoms. The van der Waals surface area contributed by atoms with Gasteiger partial charge in [-0.25, -0.2) is 10.8 Å². The van der Waals surface area contributed by atoms with Crippen LogP contribution in [0.15, 0.2) is 6.20 Å². The number of ether oxygens (including phenoxy) is 1. The first kappa shape index (κ1) is 12.3. The third-order valence-corrected chi connectivity index (χ3v) is 2.86. The molecule has 0 spiro atoms. The summed E-state index contributed by atoms with van der Waals surface area (Å²) in [5.41, 5.74) is 4.21. The molecule has 7 heteroatoms. The second kappa shape index (κ2) is 4.61. The van der Waals surface area contributed by atoms with Crippen LogP contribution in [-0.2, 0) is 6.42 Å². The fraction of sp³-hybridized carbons (Fsp3) is 0.364. The lowest BCUT2D eigenvalue weighted by atomic mass is 10.2. The number of carbonyl (C=O) groups is 1. The Morgan fingerprint density at radius 1 is 1.56 bits per heavy atom. The number of hydrogen-bond donors (Lipinski definition) is 2. The molecule has 0 saturated heterocycles. The third kappa shape index (κ3) is 1.78. The molecule has 2 rings (SSSR count). The molecule has 0 aliphatic carbocycles. The van der Waals surface area contributed by atoms with Crippen LogP contribution in [0.3, 0.4) is 0 Å². The monoisotopic (exact) mass is 249 g/mol. The van der Waals surface area contributed by atoms with Gasteiger partial charge in [0.2, 0.25) is 11.7 Å². The number of hydrogen-bond acceptors (Lipinski definition) is 5. The lowest BCUT2D eigenvalue weighted by Gasteiger charge is -2.10. The number of hydrazine groups is 1. The number of rotatable bonds is 3. The van der Waals surface area contributed by atoms with E-state index in [0.29, 0.717) is 11.7 Å². The number of nitrogen functional groups attached to an aromatic ring is 1. The van der Waals surface area contributed by atoms with Gasteiger partial charge in [-0.3, -0.25) is 14.6 Å².